The molecule has 2 heterocycles. The molecule has 2 aromatic heterocycles. The smallest absolute Gasteiger partial charge is 0.257 e. The Balaban J connectivity index is 1.69. The fourth-order valence-electron chi connectivity index (χ4n) is 2.06. The van der Waals surface area contributed by atoms with Gasteiger partial charge in [0.1, 0.15) is 5.75 Å². The summed E-state index contributed by atoms with van der Waals surface area (Å²) in [5.41, 5.74) is 1.48. The van der Waals surface area contributed by atoms with Crippen molar-refractivity contribution in [1.82, 2.24) is 4.98 Å². The van der Waals surface area contributed by atoms with Crippen molar-refractivity contribution in [2.45, 2.75) is 13.8 Å². The van der Waals surface area contributed by atoms with Gasteiger partial charge in [0, 0.05) is 15.8 Å². The van der Waals surface area contributed by atoms with Crippen LogP contribution in [-0.2, 0) is 0 Å². The molecule has 6 heteroatoms. The van der Waals surface area contributed by atoms with Gasteiger partial charge >= 0.3 is 0 Å². The first kappa shape index (κ1) is 15.7. The van der Waals surface area contributed by atoms with Crippen molar-refractivity contribution in [2.24, 2.45) is 0 Å². The van der Waals surface area contributed by atoms with E-state index in [4.69, 9.17) is 4.74 Å². The maximum atomic E-state index is 12.3. The summed E-state index contributed by atoms with van der Waals surface area (Å²) in [5.74, 6) is 0.588. The predicted octanol–water partition coefficient (Wildman–Crippen LogP) is 4.83. The van der Waals surface area contributed by atoms with Crippen LogP contribution in [0.3, 0.4) is 0 Å². The first-order valence-corrected chi connectivity index (χ1v) is 8.92. The van der Waals surface area contributed by atoms with Gasteiger partial charge < -0.3 is 4.74 Å². The first-order chi connectivity index (χ1) is 11.2. The highest BCUT2D eigenvalue weighted by Crippen LogP contribution is 2.30. The summed E-state index contributed by atoms with van der Waals surface area (Å²) in [6.45, 7) is 4.60. The fourth-order valence-corrected chi connectivity index (χ4v) is 3.66. The molecular weight excluding hydrogens is 328 g/mol. The Hall–Kier alpha value is -2.18. The summed E-state index contributed by atoms with van der Waals surface area (Å²) in [4.78, 5) is 19.1. The van der Waals surface area contributed by atoms with E-state index >= 15 is 0 Å². The van der Waals surface area contributed by atoms with Gasteiger partial charge in [-0.05, 0) is 50.2 Å². The highest BCUT2D eigenvalue weighted by Gasteiger charge is 2.11. The third-order valence-electron chi connectivity index (χ3n) is 3.14. The van der Waals surface area contributed by atoms with Crippen LogP contribution >= 0.6 is 22.7 Å². The van der Waals surface area contributed by atoms with Crippen LogP contribution in [0.1, 0.15) is 22.2 Å². The number of nitrogens with zero attached hydrogens (tertiary/aromatic N) is 1. The van der Waals surface area contributed by atoms with Crippen LogP contribution in [0.25, 0.3) is 10.6 Å². The maximum absolute atomic E-state index is 12.3. The van der Waals surface area contributed by atoms with E-state index in [1.54, 1.807) is 35.6 Å². The van der Waals surface area contributed by atoms with E-state index in [1.807, 2.05) is 18.4 Å². The second kappa shape index (κ2) is 6.93. The fraction of sp³-hybridized carbons (Fsp3) is 0.176. The predicted molar refractivity (Wildman–Crippen MR) is 95.7 cm³/mol. The molecule has 0 radical (unpaired) electrons. The largest absolute Gasteiger partial charge is 0.494 e. The van der Waals surface area contributed by atoms with E-state index in [9.17, 15) is 4.79 Å². The zero-order valence-corrected chi connectivity index (χ0v) is 14.5. The van der Waals surface area contributed by atoms with Gasteiger partial charge in [0.05, 0.1) is 17.2 Å². The zero-order chi connectivity index (χ0) is 16.2. The number of nitrogens with one attached hydrogen (secondary N) is 1. The second-order valence-corrected chi connectivity index (χ2v) is 7.01. The molecule has 0 fully saturated rings. The Morgan fingerprint density at radius 1 is 1.22 bits per heavy atom. The van der Waals surface area contributed by atoms with Crippen LogP contribution in [0.5, 0.6) is 5.75 Å². The van der Waals surface area contributed by atoms with Gasteiger partial charge in [-0.1, -0.05) is 0 Å². The van der Waals surface area contributed by atoms with E-state index in [-0.39, 0.29) is 5.91 Å². The van der Waals surface area contributed by atoms with E-state index in [2.05, 4.69) is 23.3 Å². The second-order valence-electron chi connectivity index (χ2n) is 4.86. The van der Waals surface area contributed by atoms with Crippen molar-refractivity contribution in [3.8, 4) is 16.3 Å². The third-order valence-corrected chi connectivity index (χ3v) is 4.93. The van der Waals surface area contributed by atoms with Crippen LogP contribution in [0.4, 0.5) is 5.13 Å². The number of thiazole rings is 1. The number of benzene rings is 1. The Morgan fingerprint density at radius 3 is 2.65 bits per heavy atom. The molecule has 1 N–H and O–H groups in total. The number of hydrogen-bond acceptors (Lipinski definition) is 5. The lowest BCUT2D eigenvalue weighted by atomic mass is 10.2. The van der Waals surface area contributed by atoms with Crippen molar-refractivity contribution in [3.05, 3.63) is 52.2 Å². The zero-order valence-electron chi connectivity index (χ0n) is 12.8. The molecule has 0 saturated carbocycles. The van der Waals surface area contributed by atoms with Crippen molar-refractivity contribution >= 4 is 33.7 Å². The third kappa shape index (κ3) is 3.78. The van der Waals surface area contributed by atoms with Crippen LogP contribution < -0.4 is 10.1 Å². The minimum absolute atomic E-state index is 0.170. The number of aromatic nitrogens is 1. The van der Waals surface area contributed by atoms with Crippen molar-refractivity contribution < 1.29 is 9.53 Å². The van der Waals surface area contributed by atoms with Gasteiger partial charge in [-0.3, -0.25) is 10.1 Å². The standard InChI is InChI=1S/C17H16N2O2S2/c1-3-21-13-7-5-12(6-8-13)16(20)19-17-18-14(10-22-17)15-9-4-11(2)23-15/h4-10H,3H2,1-2H3,(H,18,19,20). The molecule has 3 rings (SSSR count). The summed E-state index contributed by atoms with van der Waals surface area (Å²) in [6.07, 6.45) is 0. The highest BCUT2D eigenvalue weighted by atomic mass is 32.1. The number of hydrogen-bond donors (Lipinski definition) is 1. The maximum Gasteiger partial charge on any atom is 0.257 e. The van der Waals surface area contributed by atoms with Crippen LogP contribution in [0, 0.1) is 6.92 Å². The van der Waals surface area contributed by atoms with E-state index < -0.39 is 0 Å². The molecule has 3 aromatic rings. The number of aryl methyl sites for hydroxylation is 1. The first-order valence-electron chi connectivity index (χ1n) is 7.22. The van der Waals surface area contributed by atoms with Gasteiger partial charge in [0.25, 0.3) is 5.91 Å². The molecule has 23 heavy (non-hydrogen) atoms. The SMILES string of the molecule is CCOc1ccc(C(=O)Nc2nc(-c3ccc(C)s3)cs2)cc1. The van der Waals surface area contributed by atoms with E-state index in [0.29, 0.717) is 17.3 Å². The highest BCUT2D eigenvalue weighted by molar-refractivity contribution is 7.17. The molecule has 0 bridgehead atoms. The minimum atomic E-state index is -0.170. The van der Waals surface area contributed by atoms with Crippen molar-refractivity contribution in [1.29, 1.82) is 0 Å². The van der Waals surface area contributed by atoms with Crippen LogP contribution in [-0.4, -0.2) is 17.5 Å². The molecule has 0 unspecified atom stereocenters. The summed E-state index contributed by atoms with van der Waals surface area (Å²) in [5, 5.41) is 5.40. The molecule has 0 spiro atoms. The monoisotopic (exact) mass is 344 g/mol. The molecule has 0 saturated heterocycles. The van der Waals surface area contributed by atoms with Crippen molar-refractivity contribution in [3.63, 3.8) is 0 Å². The Morgan fingerprint density at radius 2 is 2.00 bits per heavy atom. The Labute approximate surface area is 142 Å². The number of carbonyl (C=O) groups excluding carboxylic acids is 1. The molecule has 0 aliphatic rings. The number of amides is 1. The lowest BCUT2D eigenvalue weighted by Crippen LogP contribution is -2.11. The summed E-state index contributed by atoms with van der Waals surface area (Å²) in [7, 11) is 0. The number of ether oxygens (including phenoxy) is 1. The normalized spacial score (nSPS) is 10.5. The lowest BCUT2D eigenvalue weighted by molar-refractivity contribution is 0.102. The topological polar surface area (TPSA) is 51.2 Å². The molecule has 0 aliphatic carbocycles. The average Bonchev–Trinajstić information content (AvgIpc) is 3.17. The molecule has 4 nitrogen and oxygen atoms in total. The molecular formula is C17H16N2O2S2. The van der Waals surface area contributed by atoms with Gasteiger partial charge in [-0.2, -0.15) is 0 Å². The molecule has 1 amide bonds. The number of thiophene rings is 1. The van der Waals surface area contributed by atoms with Gasteiger partial charge in [0.2, 0.25) is 0 Å². The van der Waals surface area contributed by atoms with Gasteiger partial charge in [-0.25, -0.2) is 4.98 Å². The summed E-state index contributed by atoms with van der Waals surface area (Å²) >= 11 is 3.12. The molecule has 0 atom stereocenters. The summed E-state index contributed by atoms with van der Waals surface area (Å²) < 4.78 is 5.37. The number of carbonyl (C=O) groups is 1. The van der Waals surface area contributed by atoms with E-state index in [1.165, 1.54) is 16.2 Å². The molecule has 0 aliphatic heterocycles. The number of rotatable bonds is 5. The summed E-state index contributed by atoms with van der Waals surface area (Å²) in [6, 6.07) is 11.2. The Bertz CT molecular complexity index is 806. The average molecular weight is 344 g/mol. The van der Waals surface area contributed by atoms with E-state index in [0.717, 1.165) is 16.3 Å². The van der Waals surface area contributed by atoms with Crippen LogP contribution in [0.2, 0.25) is 0 Å². The van der Waals surface area contributed by atoms with Crippen LogP contribution in [0.15, 0.2) is 41.8 Å². The minimum Gasteiger partial charge on any atom is -0.494 e. The molecule has 118 valence electrons. The Kier molecular flexibility index (Phi) is 4.73. The lowest BCUT2D eigenvalue weighted by Gasteiger charge is -2.04. The van der Waals surface area contributed by atoms with Gasteiger partial charge in [0.15, 0.2) is 5.13 Å². The van der Waals surface area contributed by atoms with Gasteiger partial charge in [-0.15, -0.1) is 22.7 Å². The number of anilines is 1. The quantitative estimate of drug-likeness (QED) is 0.721. The molecule has 1 aromatic carbocycles. The van der Waals surface area contributed by atoms with Crippen molar-refractivity contribution in [2.75, 3.05) is 11.9 Å².